The fourth-order valence-corrected chi connectivity index (χ4v) is 2.67. The highest BCUT2D eigenvalue weighted by molar-refractivity contribution is 5.94. The van der Waals surface area contributed by atoms with Crippen LogP contribution in [0.4, 0.5) is 0 Å². The van der Waals surface area contributed by atoms with Crippen molar-refractivity contribution < 1.29 is 19.8 Å². The zero-order chi connectivity index (χ0) is 18.8. The second kappa shape index (κ2) is 6.53. The Morgan fingerprint density at radius 2 is 1.62 bits per heavy atom. The lowest BCUT2D eigenvalue weighted by atomic mass is 10.1. The fourth-order valence-electron chi connectivity index (χ4n) is 2.67. The van der Waals surface area contributed by atoms with Crippen LogP contribution in [0.1, 0.15) is 32.0 Å². The number of benzene rings is 2. The number of nitriles is 1. The van der Waals surface area contributed by atoms with E-state index in [-0.39, 0.29) is 16.8 Å². The van der Waals surface area contributed by atoms with E-state index in [1.54, 1.807) is 6.92 Å². The van der Waals surface area contributed by atoms with Crippen molar-refractivity contribution in [2.24, 2.45) is 0 Å². The third-order valence-corrected chi connectivity index (χ3v) is 3.93. The van der Waals surface area contributed by atoms with Crippen molar-refractivity contribution in [2.75, 3.05) is 0 Å². The average Bonchev–Trinajstić information content (AvgIpc) is 2.98. The van der Waals surface area contributed by atoms with E-state index in [1.165, 1.54) is 16.8 Å². The lowest BCUT2D eigenvalue weighted by molar-refractivity contribution is 0.0696. The molecule has 0 bridgehead atoms. The Kier molecular flexibility index (Phi) is 4.25. The number of carbonyl (C=O) groups is 2. The van der Waals surface area contributed by atoms with Crippen molar-refractivity contribution in [3.8, 4) is 23.0 Å². The lowest BCUT2D eigenvalue weighted by Crippen LogP contribution is -2.07. The summed E-state index contributed by atoms with van der Waals surface area (Å²) in [5.41, 5.74) is 1.93. The number of hydrogen-bond donors (Lipinski definition) is 2. The Morgan fingerprint density at radius 1 is 1.04 bits per heavy atom. The molecule has 0 saturated heterocycles. The molecule has 7 heteroatoms. The average molecular weight is 347 g/mol. The molecule has 26 heavy (non-hydrogen) atoms. The molecular weight excluding hydrogens is 334 g/mol. The molecule has 3 aromatic rings. The third-order valence-electron chi connectivity index (χ3n) is 3.93. The minimum absolute atomic E-state index is 0.172. The Bertz CT molecular complexity index is 1030. The van der Waals surface area contributed by atoms with Gasteiger partial charge in [0.05, 0.1) is 22.5 Å². The largest absolute Gasteiger partial charge is 0.478 e. The minimum Gasteiger partial charge on any atom is -0.478 e. The molecule has 1 aromatic heterocycles. The first kappa shape index (κ1) is 16.9. The van der Waals surface area contributed by atoms with Crippen molar-refractivity contribution in [1.82, 2.24) is 9.78 Å². The zero-order valence-electron chi connectivity index (χ0n) is 13.7. The van der Waals surface area contributed by atoms with Gasteiger partial charge in [0.25, 0.3) is 0 Å². The molecule has 2 N–H and O–H groups in total. The normalized spacial score (nSPS) is 10.3. The van der Waals surface area contributed by atoms with Crippen LogP contribution in [-0.4, -0.2) is 31.9 Å². The minimum atomic E-state index is -1.25. The van der Waals surface area contributed by atoms with E-state index in [0.717, 1.165) is 11.6 Å². The van der Waals surface area contributed by atoms with Gasteiger partial charge in [0.1, 0.15) is 17.3 Å². The molecular formula is C19H13N3O4. The first-order valence-corrected chi connectivity index (χ1v) is 7.59. The monoisotopic (exact) mass is 347 g/mol. The highest BCUT2D eigenvalue weighted by Crippen LogP contribution is 2.27. The number of hydrogen-bond acceptors (Lipinski definition) is 4. The Balaban J connectivity index is 2.26. The SMILES string of the molecule is Cc1c(C#N)c(-c2ccccc2)nn1-c1cc(C(=O)O)cc(C(=O)O)c1. The summed E-state index contributed by atoms with van der Waals surface area (Å²) in [4.78, 5) is 22.6. The van der Waals surface area contributed by atoms with E-state index in [0.29, 0.717) is 17.0 Å². The van der Waals surface area contributed by atoms with Crippen LogP contribution in [0.25, 0.3) is 16.9 Å². The highest BCUT2D eigenvalue weighted by atomic mass is 16.4. The van der Waals surface area contributed by atoms with E-state index in [4.69, 9.17) is 0 Å². The van der Waals surface area contributed by atoms with Gasteiger partial charge in [-0.25, -0.2) is 14.3 Å². The number of aromatic carboxylic acids is 2. The standard InChI is InChI=1S/C19H13N3O4/c1-11-16(10-20)17(12-5-3-2-4-6-12)21-22(11)15-8-13(18(23)24)7-14(9-15)19(25)26/h2-9H,1H3,(H,23,24)(H,25,26). The number of rotatable bonds is 4. The first-order chi connectivity index (χ1) is 12.4. The second-order valence-electron chi connectivity index (χ2n) is 5.58. The molecule has 0 fully saturated rings. The molecule has 1 heterocycles. The molecule has 7 nitrogen and oxygen atoms in total. The molecule has 0 spiro atoms. The number of carboxylic acid groups (broad SMARTS) is 2. The summed E-state index contributed by atoms with van der Waals surface area (Å²) in [5, 5.41) is 32.4. The smallest absolute Gasteiger partial charge is 0.335 e. The molecule has 0 aliphatic rings. The van der Waals surface area contributed by atoms with Gasteiger partial charge in [0.15, 0.2) is 0 Å². The van der Waals surface area contributed by atoms with Crippen LogP contribution < -0.4 is 0 Å². The Morgan fingerprint density at radius 3 is 2.12 bits per heavy atom. The third kappa shape index (κ3) is 2.91. The van der Waals surface area contributed by atoms with Crippen LogP contribution in [0, 0.1) is 18.3 Å². The van der Waals surface area contributed by atoms with Crippen LogP contribution in [0.15, 0.2) is 48.5 Å². The molecule has 0 saturated carbocycles. The van der Waals surface area contributed by atoms with Crippen molar-refractivity contribution in [3.05, 3.63) is 70.9 Å². The van der Waals surface area contributed by atoms with Crippen LogP contribution in [0.2, 0.25) is 0 Å². The van der Waals surface area contributed by atoms with E-state index in [9.17, 15) is 25.1 Å². The van der Waals surface area contributed by atoms with Gasteiger partial charge in [-0.15, -0.1) is 0 Å². The van der Waals surface area contributed by atoms with E-state index in [2.05, 4.69) is 11.2 Å². The highest BCUT2D eigenvalue weighted by Gasteiger charge is 2.19. The summed E-state index contributed by atoms with van der Waals surface area (Å²) in [5.74, 6) is -2.49. The molecule has 2 aromatic carbocycles. The van der Waals surface area contributed by atoms with Gasteiger partial charge in [0, 0.05) is 5.56 Å². The molecule has 0 radical (unpaired) electrons. The quantitative estimate of drug-likeness (QED) is 0.749. The van der Waals surface area contributed by atoms with Crippen LogP contribution in [0.3, 0.4) is 0 Å². The number of carboxylic acids is 2. The maximum absolute atomic E-state index is 11.3. The van der Waals surface area contributed by atoms with Crippen LogP contribution in [-0.2, 0) is 0 Å². The fraction of sp³-hybridized carbons (Fsp3) is 0.0526. The summed E-state index contributed by atoms with van der Waals surface area (Å²) >= 11 is 0. The van der Waals surface area contributed by atoms with Crippen molar-refractivity contribution in [2.45, 2.75) is 6.92 Å². The topological polar surface area (TPSA) is 116 Å². The van der Waals surface area contributed by atoms with Gasteiger partial charge in [-0.3, -0.25) is 0 Å². The summed E-state index contributed by atoms with van der Waals surface area (Å²) < 4.78 is 1.39. The predicted octanol–water partition coefficient (Wildman–Crippen LogP) is 3.12. The summed E-state index contributed by atoms with van der Waals surface area (Å²) in [6.07, 6.45) is 0. The Hall–Kier alpha value is -3.92. The van der Waals surface area contributed by atoms with Crippen molar-refractivity contribution in [1.29, 1.82) is 5.26 Å². The summed E-state index contributed by atoms with van der Waals surface area (Å²) in [7, 11) is 0. The molecule has 0 atom stereocenters. The maximum Gasteiger partial charge on any atom is 0.335 e. The van der Waals surface area contributed by atoms with Gasteiger partial charge >= 0.3 is 11.9 Å². The number of nitrogens with zero attached hydrogens (tertiary/aromatic N) is 3. The van der Waals surface area contributed by atoms with E-state index < -0.39 is 11.9 Å². The summed E-state index contributed by atoms with van der Waals surface area (Å²) in [6, 6.07) is 14.9. The molecule has 3 rings (SSSR count). The van der Waals surface area contributed by atoms with Crippen LogP contribution >= 0.6 is 0 Å². The van der Waals surface area contributed by atoms with Gasteiger partial charge in [-0.2, -0.15) is 10.4 Å². The second-order valence-corrected chi connectivity index (χ2v) is 5.58. The molecule has 0 unspecified atom stereocenters. The van der Waals surface area contributed by atoms with E-state index in [1.807, 2.05) is 30.3 Å². The van der Waals surface area contributed by atoms with Crippen molar-refractivity contribution in [3.63, 3.8) is 0 Å². The van der Waals surface area contributed by atoms with Gasteiger partial charge < -0.3 is 10.2 Å². The predicted molar refractivity (Wildman–Crippen MR) is 92.4 cm³/mol. The number of aromatic nitrogens is 2. The lowest BCUT2D eigenvalue weighted by Gasteiger charge is -2.07. The van der Waals surface area contributed by atoms with E-state index >= 15 is 0 Å². The Labute approximate surface area is 148 Å². The van der Waals surface area contributed by atoms with Gasteiger partial charge in [0.2, 0.25) is 0 Å². The van der Waals surface area contributed by atoms with Crippen LogP contribution in [0.5, 0.6) is 0 Å². The maximum atomic E-state index is 11.3. The van der Waals surface area contributed by atoms with Crippen molar-refractivity contribution >= 4 is 11.9 Å². The van der Waals surface area contributed by atoms with Gasteiger partial charge in [-0.05, 0) is 25.1 Å². The summed E-state index contributed by atoms with van der Waals surface area (Å²) in [6.45, 7) is 1.67. The molecule has 0 aliphatic carbocycles. The molecule has 0 aliphatic heterocycles. The molecule has 128 valence electrons. The zero-order valence-corrected chi connectivity index (χ0v) is 13.7. The first-order valence-electron chi connectivity index (χ1n) is 7.59. The molecule has 0 amide bonds. The van der Waals surface area contributed by atoms with Gasteiger partial charge in [-0.1, -0.05) is 30.3 Å².